The number of amides is 2. The first-order valence-electron chi connectivity index (χ1n) is 7.93. The summed E-state index contributed by atoms with van der Waals surface area (Å²) in [4.78, 5) is 23.6. The van der Waals surface area contributed by atoms with Crippen molar-refractivity contribution in [3.05, 3.63) is 24.2 Å². The molecule has 2 heterocycles. The number of nitrogens with one attached hydrogen (secondary N) is 3. The van der Waals surface area contributed by atoms with Crippen LogP contribution < -0.4 is 16.0 Å². The Hall–Kier alpha value is -1.86. The second-order valence-electron chi connectivity index (χ2n) is 5.94. The standard InChI is InChI=1S/C16H25N3O4/c1-22-12-16(5-8-17-9-6-16)11-19-14(20)4-7-18-15(21)13-3-2-10-23-13/h2-3,10,17H,4-9,11-12H2,1H3,(H,18,21)(H,19,20). The number of ether oxygens (including phenoxy) is 1. The van der Waals surface area contributed by atoms with Gasteiger partial charge in [0.15, 0.2) is 5.76 Å². The summed E-state index contributed by atoms with van der Waals surface area (Å²) in [6.45, 7) is 3.42. The Morgan fingerprint density at radius 2 is 2.13 bits per heavy atom. The van der Waals surface area contributed by atoms with Crippen molar-refractivity contribution in [3.8, 4) is 0 Å². The van der Waals surface area contributed by atoms with E-state index in [9.17, 15) is 9.59 Å². The number of hydrogen-bond acceptors (Lipinski definition) is 5. The highest BCUT2D eigenvalue weighted by atomic mass is 16.5. The molecule has 0 aliphatic carbocycles. The highest BCUT2D eigenvalue weighted by Crippen LogP contribution is 2.28. The molecule has 0 saturated carbocycles. The summed E-state index contributed by atoms with van der Waals surface area (Å²) in [5, 5.41) is 8.95. The Bertz CT molecular complexity index is 490. The van der Waals surface area contributed by atoms with Crippen LogP contribution in [-0.4, -0.2) is 51.7 Å². The number of carbonyl (C=O) groups excluding carboxylic acids is 2. The summed E-state index contributed by atoms with van der Waals surface area (Å²) in [5.41, 5.74) is 0.00702. The van der Waals surface area contributed by atoms with Crippen LogP contribution in [0.15, 0.2) is 22.8 Å². The quantitative estimate of drug-likeness (QED) is 0.649. The van der Waals surface area contributed by atoms with Crippen molar-refractivity contribution in [1.29, 1.82) is 0 Å². The molecule has 2 amide bonds. The number of rotatable bonds is 8. The van der Waals surface area contributed by atoms with Crippen LogP contribution in [0.1, 0.15) is 29.8 Å². The minimum atomic E-state index is -0.308. The van der Waals surface area contributed by atoms with Crippen molar-refractivity contribution in [2.24, 2.45) is 5.41 Å². The molecule has 2 rings (SSSR count). The summed E-state index contributed by atoms with van der Waals surface area (Å²) in [6, 6.07) is 3.23. The van der Waals surface area contributed by atoms with E-state index in [1.807, 2.05) is 0 Å². The van der Waals surface area contributed by atoms with E-state index in [1.165, 1.54) is 6.26 Å². The summed E-state index contributed by atoms with van der Waals surface area (Å²) < 4.78 is 10.3. The van der Waals surface area contributed by atoms with Gasteiger partial charge in [0, 0.05) is 32.0 Å². The van der Waals surface area contributed by atoms with E-state index in [0.29, 0.717) is 13.2 Å². The fraction of sp³-hybridized carbons (Fsp3) is 0.625. The Morgan fingerprint density at radius 3 is 2.78 bits per heavy atom. The molecule has 0 unspecified atom stereocenters. The van der Waals surface area contributed by atoms with Crippen LogP contribution >= 0.6 is 0 Å². The first-order chi connectivity index (χ1) is 11.2. The number of furan rings is 1. The van der Waals surface area contributed by atoms with Crippen molar-refractivity contribution in [2.45, 2.75) is 19.3 Å². The molecule has 1 saturated heterocycles. The largest absolute Gasteiger partial charge is 0.459 e. The van der Waals surface area contributed by atoms with Crippen LogP contribution in [0.25, 0.3) is 0 Å². The van der Waals surface area contributed by atoms with Gasteiger partial charge in [0.25, 0.3) is 5.91 Å². The van der Waals surface area contributed by atoms with Gasteiger partial charge in [-0.1, -0.05) is 0 Å². The van der Waals surface area contributed by atoms with Crippen LogP contribution in [0.3, 0.4) is 0 Å². The Morgan fingerprint density at radius 1 is 1.35 bits per heavy atom. The minimum Gasteiger partial charge on any atom is -0.459 e. The van der Waals surface area contributed by atoms with E-state index in [1.54, 1.807) is 19.2 Å². The zero-order valence-corrected chi connectivity index (χ0v) is 13.5. The molecule has 128 valence electrons. The third-order valence-electron chi connectivity index (χ3n) is 4.16. The number of hydrogen-bond donors (Lipinski definition) is 3. The molecule has 0 spiro atoms. The number of carbonyl (C=O) groups is 2. The van der Waals surface area contributed by atoms with E-state index in [4.69, 9.17) is 9.15 Å². The maximum absolute atomic E-state index is 12.0. The maximum atomic E-state index is 12.0. The van der Waals surface area contributed by atoms with E-state index in [0.717, 1.165) is 25.9 Å². The molecule has 0 radical (unpaired) electrons. The first-order valence-corrected chi connectivity index (χ1v) is 7.93. The lowest BCUT2D eigenvalue weighted by Gasteiger charge is -2.37. The third-order valence-corrected chi connectivity index (χ3v) is 4.16. The smallest absolute Gasteiger partial charge is 0.286 e. The fourth-order valence-corrected chi connectivity index (χ4v) is 2.79. The second-order valence-corrected chi connectivity index (χ2v) is 5.94. The normalized spacial score (nSPS) is 16.7. The van der Waals surface area contributed by atoms with Crippen LogP contribution in [0.5, 0.6) is 0 Å². The van der Waals surface area contributed by atoms with Gasteiger partial charge >= 0.3 is 0 Å². The van der Waals surface area contributed by atoms with Gasteiger partial charge in [0.05, 0.1) is 12.9 Å². The van der Waals surface area contributed by atoms with Crippen molar-refractivity contribution >= 4 is 11.8 Å². The zero-order valence-electron chi connectivity index (χ0n) is 13.5. The van der Waals surface area contributed by atoms with E-state index in [-0.39, 0.29) is 36.0 Å². The molecule has 23 heavy (non-hydrogen) atoms. The van der Waals surface area contributed by atoms with Gasteiger partial charge in [-0.05, 0) is 38.1 Å². The Labute approximate surface area is 136 Å². The zero-order chi connectivity index (χ0) is 16.5. The molecule has 1 aromatic heterocycles. The second kappa shape index (κ2) is 8.69. The molecule has 1 aliphatic rings. The molecule has 0 atom stereocenters. The summed E-state index contributed by atoms with van der Waals surface area (Å²) >= 11 is 0. The lowest BCUT2D eigenvalue weighted by molar-refractivity contribution is -0.121. The van der Waals surface area contributed by atoms with Crippen LogP contribution in [-0.2, 0) is 9.53 Å². The van der Waals surface area contributed by atoms with Crippen molar-refractivity contribution in [2.75, 3.05) is 39.9 Å². The SMILES string of the molecule is COCC1(CNC(=O)CCNC(=O)c2ccco2)CCNCC1. The average Bonchev–Trinajstić information content (AvgIpc) is 3.09. The molecule has 7 heteroatoms. The maximum Gasteiger partial charge on any atom is 0.286 e. The topological polar surface area (TPSA) is 92.6 Å². The summed E-state index contributed by atoms with van der Waals surface area (Å²) in [6.07, 6.45) is 3.65. The highest BCUT2D eigenvalue weighted by Gasteiger charge is 2.32. The van der Waals surface area contributed by atoms with Crippen LogP contribution in [0, 0.1) is 5.41 Å². The van der Waals surface area contributed by atoms with Crippen molar-refractivity contribution in [3.63, 3.8) is 0 Å². The van der Waals surface area contributed by atoms with Crippen LogP contribution in [0.4, 0.5) is 0 Å². The number of methoxy groups -OCH3 is 1. The minimum absolute atomic E-state index is 0.00702. The summed E-state index contributed by atoms with van der Waals surface area (Å²) in [5.74, 6) is -0.130. The predicted molar refractivity (Wildman–Crippen MR) is 85.1 cm³/mol. The number of piperidine rings is 1. The van der Waals surface area contributed by atoms with Gasteiger partial charge in [-0.2, -0.15) is 0 Å². The Kier molecular flexibility index (Phi) is 6.61. The average molecular weight is 323 g/mol. The lowest BCUT2D eigenvalue weighted by Crippen LogP contribution is -2.47. The lowest BCUT2D eigenvalue weighted by atomic mass is 9.79. The first kappa shape index (κ1) is 17.5. The highest BCUT2D eigenvalue weighted by molar-refractivity contribution is 5.91. The molecular weight excluding hydrogens is 298 g/mol. The molecular formula is C16H25N3O4. The Balaban J connectivity index is 1.68. The molecule has 1 aromatic rings. The van der Waals surface area contributed by atoms with Gasteiger partial charge in [0.1, 0.15) is 0 Å². The van der Waals surface area contributed by atoms with E-state index < -0.39 is 0 Å². The van der Waals surface area contributed by atoms with Gasteiger partial charge < -0.3 is 25.1 Å². The third kappa shape index (κ3) is 5.37. The van der Waals surface area contributed by atoms with Crippen molar-refractivity contribution < 1.29 is 18.7 Å². The van der Waals surface area contributed by atoms with E-state index in [2.05, 4.69) is 16.0 Å². The summed E-state index contributed by atoms with van der Waals surface area (Å²) in [7, 11) is 1.69. The molecule has 0 bridgehead atoms. The van der Waals surface area contributed by atoms with Gasteiger partial charge in [-0.15, -0.1) is 0 Å². The molecule has 7 nitrogen and oxygen atoms in total. The van der Waals surface area contributed by atoms with Gasteiger partial charge in [0.2, 0.25) is 5.91 Å². The van der Waals surface area contributed by atoms with Gasteiger partial charge in [-0.3, -0.25) is 9.59 Å². The molecule has 1 aliphatic heterocycles. The molecule has 3 N–H and O–H groups in total. The van der Waals surface area contributed by atoms with Crippen LogP contribution in [0.2, 0.25) is 0 Å². The molecule has 0 aromatic carbocycles. The van der Waals surface area contributed by atoms with Crippen molar-refractivity contribution in [1.82, 2.24) is 16.0 Å². The molecule has 1 fully saturated rings. The monoisotopic (exact) mass is 323 g/mol. The van der Waals surface area contributed by atoms with E-state index >= 15 is 0 Å². The predicted octanol–water partition coefficient (Wildman–Crippen LogP) is 0.532. The van der Waals surface area contributed by atoms with Gasteiger partial charge in [-0.25, -0.2) is 0 Å². The fourth-order valence-electron chi connectivity index (χ4n) is 2.79.